The van der Waals surface area contributed by atoms with E-state index < -0.39 is 34.2 Å². The van der Waals surface area contributed by atoms with E-state index in [1.54, 1.807) is 24.4 Å². The highest BCUT2D eigenvalue weighted by atomic mass is 32.1. The van der Waals surface area contributed by atoms with Crippen molar-refractivity contribution in [1.82, 2.24) is 10.3 Å². The Morgan fingerprint density at radius 2 is 1.83 bits per heavy atom. The lowest BCUT2D eigenvalue weighted by atomic mass is 9.67. The van der Waals surface area contributed by atoms with Gasteiger partial charge < -0.3 is 14.8 Å². The molecule has 1 aliphatic heterocycles. The summed E-state index contributed by atoms with van der Waals surface area (Å²) in [5.41, 5.74) is 1.69. The van der Waals surface area contributed by atoms with Crippen molar-refractivity contribution < 1.29 is 24.0 Å². The molecule has 3 atom stereocenters. The van der Waals surface area contributed by atoms with E-state index in [4.69, 9.17) is 14.5 Å². The monoisotopic (exact) mass is 507 g/mol. The first-order valence-electron chi connectivity index (χ1n) is 11.1. The van der Waals surface area contributed by atoms with Crippen molar-refractivity contribution in [3.8, 4) is 11.3 Å². The maximum atomic E-state index is 13.4. The van der Waals surface area contributed by atoms with E-state index in [2.05, 4.69) is 5.32 Å². The molecule has 0 saturated carbocycles. The summed E-state index contributed by atoms with van der Waals surface area (Å²) in [6.07, 6.45) is 0. The molecule has 3 aromatic rings. The summed E-state index contributed by atoms with van der Waals surface area (Å²) >= 11 is 1.32. The minimum atomic E-state index is -1.06. The van der Waals surface area contributed by atoms with Gasteiger partial charge in [0.05, 0.1) is 36.3 Å². The summed E-state index contributed by atoms with van der Waals surface area (Å²) in [4.78, 5) is 41.8. The fourth-order valence-corrected chi connectivity index (χ4v) is 5.77. The lowest BCUT2D eigenvalue weighted by Crippen LogP contribution is -2.55. The average Bonchev–Trinajstić information content (AvgIpc) is 3.39. The molecule has 2 heterocycles. The standard InChI is InChI=1S/C26H25N3O6S/c1-15-20(23(30)34-3)21(16-9-6-5-7-10-16)22(24(31)35-4)26(2,28-15)25-27-19(14-36-25)17-11-8-12-18(13-17)29(32)33/h5-14,21-22,28H,1-4H3. The number of ether oxygens (including phenoxy) is 2. The zero-order chi connectivity index (χ0) is 26.0. The second-order valence-electron chi connectivity index (χ2n) is 8.59. The van der Waals surface area contributed by atoms with Crippen LogP contribution in [0.3, 0.4) is 0 Å². The molecule has 2 aromatic carbocycles. The molecule has 10 heteroatoms. The van der Waals surface area contributed by atoms with Crippen LogP contribution in [0.1, 0.15) is 30.3 Å². The topological polar surface area (TPSA) is 121 Å². The van der Waals surface area contributed by atoms with Crippen LogP contribution in [-0.2, 0) is 24.6 Å². The molecule has 1 aliphatic rings. The van der Waals surface area contributed by atoms with Gasteiger partial charge in [0.15, 0.2) is 0 Å². The zero-order valence-electron chi connectivity index (χ0n) is 20.2. The van der Waals surface area contributed by atoms with Gasteiger partial charge in [-0.2, -0.15) is 0 Å². The van der Waals surface area contributed by atoms with E-state index in [0.717, 1.165) is 5.56 Å². The number of nitrogens with one attached hydrogen (secondary N) is 1. The van der Waals surface area contributed by atoms with Gasteiger partial charge in [-0.3, -0.25) is 14.9 Å². The normalized spacial score (nSPS) is 21.4. The average molecular weight is 508 g/mol. The molecular weight excluding hydrogens is 482 g/mol. The van der Waals surface area contributed by atoms with Gasteiger partial charge in [-0.1, -0.05) is 42.5 Å². The summed E-state index contributed by atoms with van der Waals surface area (Å²) in [6.45, 7) is 3.61. The number of thiazole rings is 1. The Morgan fingerprint density at radius 1 is 1.11 bits per heavy atom. The van der Waals surface area contributed by atoms with Crippen LogP contribution in [0.25, 0.3) is 11.3 Å². The number of methoxy groups -OCH3 is 2. The van der Waals surface area contributed by atoms with Crippen molar-refractivity contribution in [2.75, 3.05) is 14.2 Å². The van der Waals surface area contributed by atoms with Crippen molar-refractivity contribution in [3.63, 3.8) is 0 Å². The number of non-ortho nitro benzene ring substituents is 1. The highest BCUT2D eigenvalue weighted by Gasteiger charge is 2.54. The second kappa shape index (κ2) is 9.90. The van der Waals surface area contributed by atoms with Gasteiger partial charge in [0.1, 0.15) is 10.5 Å². The van der Waals surface area contributed by atoms with Crippen molar-refractivity contribution >= 4 is 29.0 Å². The van der Waals surface area contributed by atoms with Crippen molar-refractivity contribution in [1.29, 1.82) is 0 Å². The lowest BCUT2D eigenvalue weighted by molar-refractivity contribution is -0.384. The molecule has 1 aromatic heterocycles. The number of hydrogen-bond donors (Lipinski definition) is 1. The van der Waals surface area contributed by atoms with Crippen molar-refractivity contribution in [2.45, 2.75) is 25.3 Å². The van der Waals surface area contributed by atoms with E-state index in [1.807, 2.05) is 37.3 Å². The number of hydrogen-bond acceptors (Lipinski definition) is 9. The Labute approximate surface area is 211 Å². The molecule has 0 saturated heterocycles. The van der Waals surface area contributed by atoms with Crippen LogP contribution < -0.4 is 5.32 Å². The molecule has 1 N–H and O–H groups in total. The molecule has 4 rings (SSSR count). The van der Waals surface area contributed by atoms with Gasteiger partial charge in [0.25, 0.3) is 5.69 Å². The highest BCUT2D eigenvalue weighted by Crippen LogP contribution is 2.49. The van der Waals surface area contributed by atoms with E-state index >= 15 is 0 Å². The number of carbonyl (C=O) groups excluding carboxylic acids is 2. The van der Waals surface area contributed by atoms with E-state index in [-0.39, 0.29) is 5.69 Å². The Hall–Kier alpha value is -4.05. The Balaban J connectivity index is 1.89. The van der Waals surface area contributed by atoms with Gasteiger partial charge in [-0.05, 0) is 19.4 Å². The Kier molecular flexibility index (Phi) is 6.89. The van der Waals surface area contributed by atoms with E-state index in [9.17, 15) is 19.7 Å². The third-order valence-corrected chi connectivity index (χ3v) is 7.52. The van der Waals surface area contributed by atoms with Crippen LogP contribution >= 0.6 is 11.3 Å². The molecular formula is C26H25N3O6S. The minimum absolute atomic E-state index is 0.0397. The summed E-state index contributed by atoms with van der Waals surface area (Å²) < 4.78 is 10.3. The quantitative estimate of drug-likeness (QED) is 0.293. The molecule has 0 fully saturated rings. The molecule has 0 amide bonds. The van der Waals surface area contributed by atoms with Gasteiger partial charge in [0, 0.05) is 34.7 Å². The smallest absolute Gasteiger partial charge is 0.336 e. The maximum Gasteiger partial charge on any atom is 0.336 e. The fourth-order valence-electron chi connectivity index (χ4n) is 4.79. The lowest BCUT2D eigenvalue weighted by Gasteiger charge is -2.45. The molecule has 3 unspecified atom stereocenters. The molecule has 0 aliphatic carbocycles. The molecule has 186 valence electrons. The van der Waals surface area contributed by atoms with Crippen LogP contribution in [0.5, 0.6) is 0 Å². The predicted octanol–water partition coefficient (Wildman–Crippen LogP) is 4.56. The number of benzene rings is 2. The summed E-state index contributed by atoms with van der Waals surface area (Å²) in [5, 5.41) is 17.0. The third kappa shape index (κ3) is 4.35. The highest BCUT2D eigenvalue weighted by molar-refractivity contribution is 7.10. The van der Waals surface area contributed by atoms with Crippen LogP contribution in [0.15, 0.2) is 71.2 Å². The van der Waals surface area contributed by atoms with Gasteiger partial charge in [-0.25, -0.2) is 9.78 Å². The van der Waals surface area contributed by atoms with Crippen molar-refractivity contribution in [2.24, 2.45) is 5.92 Å². The van der Waals surface area contributed by atoms with Crippen LogP contribution in [0.2, 0.25) is 0 Å². The molecule has 0 radical (unpaired) electrons. The number of nitrogens with zero attached hydrogens (tertiary/aromatic N) is 2. The SMILES string of the molecule is COC(=O)C1=C(C)NC(C)(c2nc(-c3cccc([N+](=O)[O-])c3)cs2)C(C(=O)OC)C1c1ccccc1. The predicted molar refractivity (Wildman–Crippen MR) is 134 cm³/mol. The van der Waals surface area contributed by atoms with Gasteiger partial charge >= 0.3 is 11.9 Å². The molecule has 0 bridgehead atoms. The first-order valence-corrected chi connectivity index (χ1v) is 12.0. The van der Waals surface area contributed by atoms with E-state index in [1.165, 1.54) is 37.7 Å². The minimum Gasteiger partial charge on any atom is -0.469 e. The Morgan fingerprint density at radius 3 is 2.47 bits per heavy atom. The number of esters is 2. The number of nitro benzene ring substituents is 1. The largest absolute Gasteiger partial charge is 0.469 e. The Bertz CT molecular complexity index is 1350. The first-order chi connectivity index (χ1) is 17.2. The molecule has 0 spiro atoms. The summed E-state index contributed by atoms with van der Waals surface area (Å²) in [6, 6.07) is 15.5. The van der Waals surface area contributed by atoms with Gasteiger partial charge in [0.2, 0.25) is 0 Å². The molecule has 9 nitrogen and oxygen atoms in total. The van der Waals surface area contributed by atoms with Crippen molar-refractivity contribution in [3.05, 3.63) is 91.9 Å². The summed E-state index contributed by atoms with van der Waals surface area (Å²) in [7, 11) is 2.61. The number of rotatable bonds is 6. The number of nitro groups is 1. The number of carbonyl (C=O) groups is 2. The molecule has 36 heavy (non-hydrogen) atoms. The fraction of sp³-hybridized carbons (Fsp3) is 0.269. The number of aromatic nitrogens is 1. The van der Waals surface area contributed by atoms with Gasteiger partial charge in [-0.15, -0.1) is 11.3 Å². The number of allylic oxidation sites excluding steroid dienone is 1. The zero-order valence-corrected chi connectivity index (χ0v) is 21.0. The van der Waals surface area contributed by atoms with Crippen LogP contribution in [0, 0.1) is 16.0 Å². The van der Waals surface area contributed by atoms with E-state index in [0.29, 0.717) is 27.5 Å². The maximum absolute atomic E-state index is 13.4. The second-order valence-corrected chi connectivity index (χ2v) is 9.45. The third-order valence-electron chi connectivity index (χ3n) is 6.44. The van der Waals surface area contributed by atoms with Crippen LogP contribution in [0.4, 0.5) is 5.69 Å². The summed E-state index contributed by atoms with van der Waals surface area (Å²) in [5.74, 6) is -2.59. The van der Waals surface area contributed by atoms with Crippen LogP contribution in [-0.4, -0.2) is 36.1 Å². The first kappa shape index (κ1) is 25.1.